The highest BCUT2D eigenvalue weighted by atomic mass is 16.3. The number of aliphatic hydroxyl groups excluding tert-OH is 1. The maximum Gasteiger partial charge on any atom is 0.0906 e. The fourth-order valence-electron chi connectivity index (χ4n) is 0.984. The molecule has 3 heteroatoms. The van der Waals surface area contributed by atoms with Crippen LogP contribution >= 0.6 is 0 Å². The van der Waals surface area contributed by atoms with Crippen molar-refractivity contribution in [3.63, 3.8) is 0 Å². The van der Waals surface area contributed by atoms with Crippen LogP contribution in [0.3, 0.4) is 0 Å². The zero-order valence-electron chi connectivity index (χ0n) is 7.30. The Hall–Kier alpha value is -0.570. The summed E-state index contributed by atoms with van der Waals surface area (Å²) in [6.45, 7) is 4.13. The number of hydrogen-bond acceptors (Lipinski definition) is 2. The molecule has 3 nitrogen and oxygen atoms in total. The van der Waals surface area contributed by atoms with E-state index in [-0.39, 0.29) is 11.9 Å². The lowest BCUT2D eigenvalue weighted by Gasteiger charge is -2.11. The summed E-state index contributed by atoms with van der Waals surface area (Å²) in [6.07, 6.45) is 1.63. The topological polar surface area (TPSA) is 70.1 Å². The average Bonchev–Trinajstić information content (AvgIpc) is 1.82. The van der Waals surface area contributed by atoms with Crippen LogP contribution in [-0.4, -0.2) is 17.0 Å². The molecule has 0 bridgehead atoms. The maximum absolute atomic E-state index is 9.32. The summed E-state index contributed by atoms with van der Waals surface area (Å²) < 4.78 is 0. The van der Waals surface area contributed by atoms with Crippen LogP contribution in [0.25, 0.3) is 0 Å². The molecule has 4 N–H and O–H groups in total. The SMILES string of the molecule is CC(C)CC(O)CCC(=N)N. The highest BCUT2D eigenvalue weighted by Gasteiger charge is 2.06. The van der Waals surface area contributed by atoms with Crippen LogP contribution in [0.15, 0.2) is 0 Å². The van der Waals surface area contributed by atoms with E-state index in [0.717, 1.165) is 6.42 Å². The Balaban J connectivity index is 3.37. The molecule has 0 amide bonds. The molecule has 0 aliphatic carbocycles. The molecule has 0 saturated carbocycles. The van der Waals surface area contributed by atoms with E-state index >= 15 is 0 Å². The first-order valence-corrected chi connectivity index (χ1v) is 4.03. The van der Waals surface area contributed by atoms with Crippen molar-refractivity contribution in [1.29, 1.82) is 5.41 Å². The summed E-state index contributed by atoms with van der Waals surface area (Å²) in [5.74, 6) is 0.671. The zero-order valence-corrected chi connectivity index (χ0v) is 7.30. The first kappa shape index (κ1) is 10.4. The van der Waals surface area contributed by atoms with E-state index < -0.39 is 0 Å². The van der Waals surface area contributed by atoms with Gasteiger partial charge in [0.2, 0.25) is 0 Å². The smallest absolute Gasteiger partial charge is 0.0906 e. The van der Waals surface area contributed by atoms with Gasteiger partial charge in [0.05, 0.1) is 11.9 Å². The molecule has 0 aliphatic rings. The van der Waals surface area contributed by atoms with Crippen molar-refractivity contribution in [1.82, 2.24) is 0 Å². The van der Waals surface area contributed by atoms with E-state index in [2.05, 4.69) is 13.8 Å². The number of rotatable bonds is 5. The summed E-state index contributed by atoms with van der Waals surface area (Å²) >= 11 is 0. The summed E-state index contributed by atoms with van der Waals surface area (Å²) in [4.78, 5) is 0. The van der Waals surface area contributed by atoms with E-state index in [0.29, 0.717) is 18.8 Å². The van der Waals surface area contributed by atoms with Crippen LogP contribution in [0.4, 0.5) is 0 Å². The molecule has 0 aromatic carbocycles. The van der Waals surface area contributed by atoms with Gasteiger partial charge in [0, 0.05) is 6.42 Å². The van der Waals surface area contributed by atoms with E-state index in [1.165, 1.54) is 0 Å². The van der Waals surface area contributed by atoms with Crippen LogP contribution < -0.4 is 5.73 Å². The molecule has 1 unspecified atom stereocenters. The van der Waals surface area contributed by atoms with Crippen molar-refractivity contribution in [2.75, 3.05) is 0 Å². The molecule has 11 heavy (non-hydrogen) atoms. The molecule has 0 spiro atoms. The van der Waals surface area contributed by atoms with Gasteiger partial charge in [-0.05, 0) is 18.8 Å². The lowest BCUT2D eigenvalue weighted by atomic mass is 10.0. The van der Waals surface area contributed by atoms with Gasteiger partial charge in [-0.2, -0.15) is 0 Å². The first-order chi connectivity index (χ1) is 5.02. The third-order valence-electron chi connectivity index (χ3n) is 1.49. The Morgan fingerprint density at radius 1 is 1.55 bits per heavy atom. The monoisotopic (exact) mass is 158 g/mol. The van der Waals surface area contributed by atoms with E-state index in [9.17, 15) is 5.11 Å². The van der Waals surface area contributed by atoms with Gasteiger partial charge in [-0.3, -0.25) is 5.41 Å². The molecule has 66 valence electrons. The largest absolute Gasteiger partial charge is 0.393 e. The van der Waals surface area contributed by atoms with Gasteiger partial charge in [0.25, 0.3) is 0 Å². The number of nitrogens with two attached hydrogens (primary N) is 1. The van der Waals surface area contributed by atoms with Gasteiger partial charge in [-0.1, -0.05) is 13.8 Å². The summed E-state index contributed by atoms with van der Waals surface area (Å²) in [5.41, 5.74) is 5.14. The van der Waals surface area contributed by atoms with Gasteiger partial charge in [0.15, 0.2) is 0 Å². The van der Waals surface area contributed by atoms with Gasteiger partial charge < -0.3 is 10.8 Å². The predicted molar refractivity (Wildman–Crippen MR) is 46.6 cm³/mol. The lowest BCUT2D eigenvalue weighted by Crippen LogP contribution is -2.16. The quantitative estimate of drug-likeness (QED) is 0.414. The average molecular weight is 158 g/mol. The highest BCUT2D eigenvalue weighted by Crippen LogP contribution is 2.08. The van der Waals surface area contributed by atoms with E-state index in [1.54, 1.807) is 0 Å². The van der Waals surface area contributed by atoms with Gasteiger partial charge >= 0.3 is 0 Å². The van der Waals surface area contributed by atoms with Crippen LogP contribution in [0, 0.1) is 11.3 Å². The Morgan fingerprint density at radius 3 is 2.45 bits per heavy atom. The molecule has 0 fully saturated rings. The molecule has 0 aliphatic heterocycles. The first-order valence-electron chi connectivity index (χ1n) is 4.03. The summed E-state index contributed by atoms with van der Waals surface area (Å²) in [7, 11) is 0. The third kappa shape index (κ3) is 7.33. The molecule has 0 aromatic heterocycles. The van der Waals surface area contributed by atoms with Crippen LogP contribution in [0.1, 0.15) is 33.1 Å². The molecule has 0 aromatic rings. The summed E-state index contributed by atoms with van der Waals surface area (Å²) in [5, 5.41) is 16.3. The number of nitrogens with one attached hydrogen (secondary N) is 1. The minimum atomic E-state index is -0.293. The normalized spacial score (nSPS) is 13.5. The Morgan fingerprint density at radius 2 is 2.09 bits per heavy atom. The van der Waals surface area contributed by atoms with Crippen molar-refractivity contribution in [3.05, 3.63) is 0 Å². The minimum Gasteiger partial charge on any atom is -0.393 e. The van der Waals surface area contributed by atoms with Gasteiger partial charge in [0.1, 0.15) is 0 Å². The van der Waals surface area contributed by atoms with E-state index in [1.807, 2.05) is 0 Å². The molecular formula is C8H18N2O. The van der Waals surface area contributed by atoms with Crippen LogP contribution in [-0.2, 0) is 0 Å². The van der Waals surface area contributed by atoms with Crippen molar-refractivity contribution >= 4 is 5.84 Å². The lowest BCUT2D eigenvalue weighted by molar-refractivity contribution is 0.141. The Labute approximate surface area is 68.1 Å². The van der Waals surface area contributed by atoms with Crippen LogP contribution in [0.2, 0.25) is 0 Å². The second-order valence-corrected chi connectivity index (χ2v) is 3.35. The van der Waals surface area contributed by atoms with Crippen molar-refractivity contribution in [2.45, 2.75) is 39.2 Å². The fraction of sp³-hybridized carbons (Fsp3) is 0.875. The molecule has 0 rings (SSSR count). The Kier molecular flexibility index (Phi) is 4.86. The summed E-state index contributed by atoms with van der Waals surface area (Å²) in [6, 6.07) is 0. The fourth-order valence-corrected chi connectivity index (χ4v) is 0.984. The minimum absolute atomic E-state index is 0.160. The molecule has 0 radical (unpaired) electrons. The highest BCUT2D eigenvalue weighted by molar-refractivity contribution is 5.76. The third-order valence-corrected chi connectivity index (χ3v) is 1.49. The van der Waals surface area contributed by atoms with Crippen LogP contribution in [0.5, 0.6) is 0 Å². The maximum atomic E-state index is 9.32. The number of hydrogen-bond donors (Lipinski definition) is 3. The molecule has 0 heterocycles. The molecular weight excluding hydrogens is 140 g/mol. The predicted octanol–water partition coefficient (Wildman–Crippen LogP) is 1.11. The second-order valence-electron chi connectivity index (χ2n) is 3.35. The zero-order chi connectivity index (χ0) is 8.85. The van der Waals surface area contributed by atoms with Crippen molar-refractivity contribution in [3.8, 4) is 0 Å². The van der Waals surface area contributed by atoms with Crippen molar-refractivity contribution < 1.29 is 5.11 Å². The van der Waals surface area contributed by atoms with Crippen molar-refractivity contribution in [2.24, 2.45) is 11.7 Å². The standard InChI is InChI=1S/C8H18N2O/c1-6(2)5-7(11)3-4-8(9)10/h6-7,11H,3-5H2,1-2H3,(H3,9,10). The van der Waals surface area contributed by atoms with Gasteiger partial charge in [-0.15, -0.1) is 0 Å². The number of amidine groups is 1. The Bertz CT molecular complexity index is 123. The number of aliphatic hydroxyl groups is 1. The molecule has 1 atom stereocenters. The molecule has 0 saturated heterocycles. The van der Waals surface area contributed by atoms with E-state index in [4.69, 9.17) is 11.1 Å². The van der Waals surface area contributed by atoms with Gasteiger partial charge in [-0.25, -0.2) is 0 Å². The second kappa shape index (κ2) is 5.13.